The number of imidazole rings is 2. The van der Waals surface area contributed by atoms with E-state index in [9.17, 15) is 14.9 Å². The first-order valence-corrected chi connectivity index (χ1v) is 5.63. The van der Waals surface area contributed by atoms with Crippen LogP contribution in [0.3, 0.4) is 0 Å². The Labute approximate surface area is 112 Å². The van der Waals surface area contributed by atoms with Crippen molar-refractivity contribution in [3.8, 4) is 0 Å². The van der Waals surface area contributed by atoms with Crippen molar-refractivity contribution in [3.05, 3.63) is 34.7 Å². The number of anilines is 1. The Hall–Kier alpha value is -2.91. The molecule has 0 atom stereocenters. The van der Waals surface area contributed by atoms with Gasteiger partial charge in [0.1, 0.15) is 0 Å². The lowest BCUT2D eigenvalue weighted by atomic mass is 10.5. The zero-order valence-corrected chi connectivity index (χ0v) is 10.6. The highest BCUT2D eigenvalue weighted by Gasteiger charge is 2.19. The number of nitro groups is 1. The van der Waals surface area contributed by atoms with Crippen LogP contribution in [0.5, 0.6) is 0 Å². The Morgan fingerprint density at radius 1 is 1.50 bits per heavy atom. The molecular weight excluding hydrogens is 268 g/mol. The standard InChI is InChI=1S/C10H12N6O4/c1-14-5-13-9(16(19)20)8(14)11-2-3-15-4-7(10(17)18)12-6-15/h4-6,11H,2-3H2,1H3,(H,17,18). The lowest BCUT2D eigenvalue weighted by Crippen LogP contribution is -2.12. The van der Waals surface area contributed by atoms with Crippen LogP contribution in [0, 0.1) is 10.1 Å². The van der Waals surface area contributed by atoms with E-state index in [1.807, 2.05) is 0 Å². The van der Waals surface area contributed by atoms with Crippen LogP contribution in [0.1, 0.15) is 10.5 Å². The van der Waals surface area contributed by atoms with E-state index >= 15 is 0 Å². The van der Waals surface area contributed by atoms with Crippen molar-refractivity contribution >= 4 is 17.6 Å². The fourth-order valence-corrected chi connectivity index (χ4v) is 1.65. The number of carboxylic acids is 1. The molecule has 0 amide bonds. The van der Waals surface area contributed by atoms with Gasteiger partial charge in [-0.1, -0.05) is 0 Å². The minimum atomic E-state index is -1.10. The fourth-order valence-electron chi connectivity index (χ4n) is 1.65. The van der Waals surface area contributed by atoms with Crippen molar-refractivity contribution in [1.82, 2.24) is 19.1 Å². The zero-order chi connectivity index (χ0) is 14.7. The number of nitrogens with one attached hydrogen (secondary N) is 1. The molecule has 0 unspecified atom stereocenters. The number of hydrogen-bond acceptors (Lipinski definition) is 6. The first kappa shape index (κ1) is 13.5. The maximum absolute atomic E-state index is 10.8. The third-order valence-corrected chi connectivity index (χ3v) is 2.61. The van der Waals surface area contributed by atoms with Crippen LogP contribution in [0.25, 0.3) is 0 Å². The Morgan fingerprint density at radius 3 is 2.85 bits per heavy atom. The zero-order valence-electron chi connectivity index (χ0n) is 10.6. The Balaban J connectivity index is 1.97. The second-order valence-corrected chi connectivity index (χ2v) is 4.01. The summed E-state index contributed by atoms with van der Waals surface area (Å²) in [4.78, 5) is 28.2. The van der Waals surface area contributed by atoms with Crippen LogP contribution in [0.2, 0.25) is 0 Å². The molecule has 0 bridgehead atoms. The summed E-state index contributed by atoms with van der Waals surface area (Å²) in [6, 6.07) is 0. The summed E-state index contributed by atoms with van der Waals surface area (Å²) in [5.41, 5.74) is -0.0449. The lowest BCUT2D eigenvalue weighted by molar-refractivity contribution is -0.388. The van der Waals surface area contributed by atoms with Gasteiger partial charge in [-0.3, -0.25) is 4.57 Å². The topological polar surface area (TPSA) is 128 Å². The van der Waals surface area contributed by atoms with Gasteiger partial charge in [0, 0.05) is 26.3 Å². The fraction of sp³-hybridized carbons (Fsp3) is 0.300. The van der Waals surface area contributed by atoms with Crippen LogP contribution < -0.4 is 5.32 Å². The van der Waals surface area contributed by atoms with Gasteiger partial charge in [-0.15, -0.1) is 0 Å². The molecule has 2 rings (SSSR count). The highest BCUT2D eigenvalue weighted by Crippen LogP contribution is 2.20. The van der Waals surface area contributed by atoms with Crippen LogP contribution in [0.15, 0.2) is 18.9 Å². The molecule has 2 heterocycles. The van der Waals surface area contributed by atoms with E-state index in [1.54, 1.807) is 11.6 Å². The van der Waals surface area contributed by atoms with Crippen molar-refractivity contribution in [2.24, 2.45) is 7.05 Å². The maximum Gasteiger partial charge on any atom is 0.406 e. The molecule has 0 aliphatic carbocycles. The number of aromatic carboxylic acids is 1. The largest absolute Gasteiger partial charge is 0.476 e. The second kappa shape index (κ2) is 5.38. The number of aryl methyl sites for hydroxylation is 1. The van der Waals surface area contributed by atoms with E-state index in [0.717, 1.165) is 0 Å². The summed E-state index contributed by atoms with van der Waals surface area (Å²) in [5.74, 6) is -1.04. The molecule has 2 aromatic heterocycles. The van der Waals surface area contributed by atoms with E-state index in [2.05, 4.69) is 15.3 Å². The molecule has 106 valence electrons. The van der Waals surface area contributed by atoms with E-state index < -0.39 is 10.9 Å². The maximum atomic E-state index is 10.8. The molecule has 0 saturated carbocycles. The van der Waals surface area contributed by atoms with Crippen LogP contribution in [-0.4, -0.2) is 41.6 Å². The average Bonchev–Trinajstić information content (AvgIpc) is 2.97. The predicted octanol–water partition coefficient (Wildman–Crippen LogP) is 0.335. The summed E-state index contributed by atoms with van der Waals surface area (Å²) in [6.07, 6.45) is 4.13. The van der Waals surface area contributed by atoms with Gasteiger partial charge in [0.15, 0.2) is 5.69 Å². The molecule has 0 spiro atoms. The SMILES string of the molecule is Cn1cnc([N+](=O)[O-])c1NCCn1cnc(C(=O)O)c1. The van der Waals surface area contributed by atoms with Crippen molar-refractivity contribution in [2.75, 3.05) is 11.9 Å². The van der Waals surface area contributed by atoms with E-state index in [-0.39, 0.29) is 11.5 Å². The highest BCUT2D eigenvalue weighted by molar-refractivity contribution is 5.84. The number of carbonyl (C=O) groups is 1. The molecule has 10 heteroatoms. The van der Waals surface area contributed by atoms with Crippen molar-refractivity contribution in [3.63, 3.8) is 0 Å². The highest BCUT2D eigenvalue weighted by atomic mass is 16.6. The monoisotopic (exact) mass is 280 g/mol. The molecule has 0 aromatic carbocycles. The predicted molar refractivity (Wildman–Crippen MR) is 67.5 cm³/mol. The average molecular weight is 280 g/mol. The minimum absolute atomic E-state index is 0.0449. The van der Waals surface area contributed by atoms with Gasteiger partial charge >= 0.3 is 11.8 Å². The van der Waals surface area contributed by atoms with Gasteiger partial charge in [0.05, 0.1) is 6.33 Å². The van der Waals surface area contributed by atoms with Gasteiger partial charge in [-0.2, -0.15) is 0 Å². The lowest BCUT2D eigenvalue weighted by Gasteiger charge is -2.06. The van der Waals surface area contributed by atoms with Gasteiger partial charge < -0.3 is 25.1 Å². The van der Waals surface area contributed by atoms with E-state index in [1.165, 1.54) is 23.4 Å². The van der Waals surface area contributed by atoms with Gasteiger partial charge in [-0.05, 0) is 9.91 Å². The van der Waals surface area contributed by atoms with Crippen LogP contribution in [0.4, 0.5) is 11.6 Å². The first-order chi connectivity index (χ1) is 9.49. The summed E-state index contributed by atoms with van der Waals surface area (Å²) in [6.45, 7) is 0.790. The Morgan fingerprint density at radius 2 is 2.25 bits per heavy atom. The molecule has 2 N–H and O–H groups in total. The number of carboxylic acid groups (broad SMARTS) is 1. The quantitative estimate of drug-likeness (QED) is 0.576. The van der Waals surface area contributed by atoms with Crippen molar-refractivity contribution in [2.45, 2.75) is 6.54 Å². The normalized spacial score (nSPS) is 10.4. The molecular formula is C10H12N6O4. The van der Waals surface area contributed by atoms with Crippen LogP contribution >= 0.6 is 0 Å². The second-order valence-electron chi connectivity index (χ2n) is 4.01. The molecule has 0 aliphatic heterocycles. The molecule has 20 heavy (non-hydrogen) atoms. The molecule has 0 radical (unpaired) electrons. The summed E-state index contributed by atoms with van der Waals surface area (Å²) in [5, 5.41) is 22.4. The Bertz CT molecular complexity index is 646. The summed E-state index contributed by atoms with van der Waals surface area (Å²) >= 11 is 0. The number of hydrogen-bond donors (Lipinski definition) is 2. The van der Waals surface area contributed by atoms with Crippen molar-refractivity contribution < 1.29 is 14.8 Å². The molecule has 0 saturated heterocycles. The summed E-state index contributed by atoms with van der Waals surface area (Å²) < 4.78 is 3.09. The smallest absolute Gasteiger partial charge is 0.406 e. The molecule has 2 aromatic rings. The van der Waals surface area contributed by atoms with E-state index in [0.29, 0.717) is 18.9 Å². The number of rotatable bonds is 6. The first-order valence-electron chi connectivity index (χ1n) is 5.63. The van der Waals surface area contributed by atoms with Gasteiger partial charge in [-0.25, -0.2) is 9.78 Å². The minimum Gasteiger partial charge on any atom is -0.476 e. The van der Waals surface area contributed by atoms with Crippen LogP contribution in [-0.2, 0) is 13.6 Å². The molecule has 10 nitrogen and oxygen atoms in total. The van der Waals surface area contributed by atoms with Gasteiger partial charge in [0.2, 0.25) is 12.1 Å². The molecule has 0 fully saturated rings. The third kappa shape index (κ3) is 2.74. The number of nitrogens with zero attached hydrogens (tertiary/aromatic N) is 5. The summed E-state index contributed by atoms with van der Waals surface area (Å²) in [7, 11) is 1.64. The third-order valence-electron chi connectivity index (χ3n) is 2.61. The van der Waals surface area contributed by atoms with Crippen molar-refractivity contribution in [1.29, 1.82) is 0 Å². The number of aromatic nitrogens is 4. The Kier molecular flexibility index (Phi) is 3.64. The molecule has 0 aliphatic rings. The van der Waals surface area contributed by atoms with E-state index in [4.69, 9.17) is 5.11 Å². The van der Waals surface area contributed by atoms with Gasteiger partial charge in [0.25, 0.3) is 0 Å².